The minimum Gasteiger partial charge on any atom is -0.381 e. The number of hydrogen-bond donors (Lipinski definition) is 1. The third-order valence-corrected chi connectivity index (χ3v) is 3.15. The van der Waals surface area contributed by atoms with Crippen LogP contribution in [0.25, 0.3) is 0 Å². The van der Waals surface area contributed by atoms with Crippen molar-refractivity contribution in [1.29, 1.82) is 0 Å². The molecular weight excluding hydrogens is 150 g/mol. The molecule has 0 bridgehead atoms. The third kappa shape index (κ3) is 2.20. The van der Waals surface area contributed by atoms with Crippen LogP contribution in [0.15, 0.2) is 0 Å². The SMILES string of the molecule is CCC(NC)C(C)C1CCOC1. The van der Waals surface area contributed by atoms with Crippen LogP contribution in [-0.2, 0) is 4.74 Å². The van der Waals surface area contributed by atoms with Gasteiger partial charge in [-0.05, 0) is 31.7 Å². The Kier molecular flexibility index (Phi) is 4.02. The molecule has 1 fully saturated rings. The second-order valence-corrected chi connectivity index (χ2v) is 3.79. The van der Waals surface area contributed by atoms with Gasteiger partial charge in [-0.3, -0.25) is 0 Å². The van der Waals surface area contributed by atoms with Crippen LogP contribution in [0.1, 0.15) is 26.7 Å². The summed E-state index contributed by atoms with van der Waals surface area (Å²) in [7, 11) is 2.06. The minimum atomic E-state index is 0.664. The lowest BCUT2D eigenvalue weighted by Gasteiger charge is -2.26. The Hall–Kier alpha value is -0.0800. The van der Waals surface area contributed by atoms with Crippen LogP contribution in [0.5, 0.6) is 0 Å². The van der Waals surface area contributed by atoms with Crippen molar-refractivity contribution < 1.29 is 4.74 Å². The van der Waals surface area contributed by atoms with Gasteiger partial charge in [-0.1, -0.05) is 13.8 Å². The highest BCUT2D eigenvalue weighted by molar-refractivity contribution is 4.79. The molecule has 0 aliphatic carbocycles. The van der Waals surface area contributed by atoms with Gasteiger partial charge >= 0.3 is 0 Å². The molecule has 0 saturated carbocycles. The Labute approximate surface area is 75.7 Å². The zero-order valence-corrected chi connectivity index (χ0v) is 8.47. The first-order valence-electron chi connectivity index (χ1n) is 5.04. The molecule has 0 amide bonds. The van der Waals surface area contributed by atoms with Crippen LogP contribution in [0.3, 0.4) is 0 Å². The second kappa shape index (κ2) is 4.83. The summed E-state index contributed by atoms with van der Waals surface area (Å²) in [6.45, 7) is 6.52. The number of nitrogens with one attached hydrogen (secondary N) is 1. The molecule has 0 aromatic carbocycles. The number of rotatable bonds is 4. The zero-order chi connectivity index (χ0) is 8.97. The van der Waals surface area contributed by atoms with E-state index in [0.717, 1.165) is 25.0 Å². The summed E-state index contributed by atoms with van der Waals surface area (Å²) in [5.41, 5.74) is 0. The van der Waals surface area contributed by atoms with E-state index < -0.39 is 0 Å². The smallest absolute Gasteiger partial charge is 0.0498 e. The fourth-order valence-electron chi connectivity index (χ4n) is 2.13. The van der Waals surface area contributed by atoms with Crippen LogP contribution in [0.4, 0.5) is 0 Å². The first-order chi connectivity index (χ1) is 5.79. The van der Waals surface area contributed by atoms with E-state index >= 15 is 0 Å². The first-order valence-corrected chi connectivity index (χ1v) is 5.04. The van der Waals surface area contributed by atoms with Gasteiger partial charge in [0, 0.05) is 19.3 Å². The molecule has 1 rings (SSSR count). The van der Waals surface area contributed by atoms with E-state index in [9.17, 15) is 0 Å². The highest BCUT2D eigenvalue weighted by Gasteiger charge is 2.26. The monoisotopic (exact) mass is 171 g/mol. The van der Waals surface area contributed by atoms with E-state index in [0.29, 0.717) is 6.04 Å². The van der Waals surface area contributed by atoms with Crippen molar-refractivity contribution in [1.82, 2.24) is 5.32 Å². The molecule has 1 aliphatic rings. The van der Waals surface area contributed by atoms with Crippen molar-refractivity contribution in [3.05, 3.63) is 0 Å². The van der Waals surface area contributed by atoms with Gasteiger partial charge in [-0.25, -0.2) is 0 Å². The molecular formula is C10H21NO. The Bertz CT molecular complexity index is 115. The number of ether oxygens (including phenoxy) is 1. The second-order valence-electron chi connectivity index (χ2n) is 3.79. The molecule has 1 heterocycles. The Morgan fingerprint density at radius 2 is 2.33 bits per heavy atom. The first kappa shape index (κ1) is 10.0. The minimum absolute atomic E-state index is 0.664. The number of hydrogen-bond acceptors (Lipinski definition) is 2. The molecule has 3 unspecified atom stereocenters. The van der Waals surface area contributed by atoms with Gasteiger partial charge in [-0.2, -0.15) is 0 Å². The van der Waals surface area contributed by atoms with Crippen molar-refractivity contribution in [3.63, 3.8) is 0 Å². The van der Waals surface area contributed by atoms with Crippen molar-refractivity contribution in [2.24, 2.45) is 11.8 Å². The van der Waals surface area contributed by atoms with Crippen molar-refractivity contribution in [2.75, 3.05) is 20.3 Å². The average Bonchev–Trinajstić information content (AvgIpc) is 2.58. The summed E-state index contributed by atoms with van der Waals surface area (Å²) in [5, 5.41) is 3.37. The zero-order valence-electron chi connectivity index (χ0n) is 8.47. The third-order valence-electron chi connectivity index (χ3n) is 3.15. The van der Waals surface area contributed by atoms with Gasteiger partial charge in [0.2, 0.25) is 0 Å². The molecule has 1 saturated heterocycles. The van der Waals surface area contributed by atoms with E-state index in [2.05, 4.69) is 26.2 Å². The van der Waals surface area contributed by atoms with Crippen molar-refractivity contribution in [2.45, 2.75) is 32.7 Å². The molecule has 72 valence electrons. The van der Waals surface area contributed by atoms with Gasteiger partial charge in [0.15, 0.2) is 0 Å². The molecule has 0 aromatic rings. The van der Waals surface area contributed by atoms with E-state index in [4.69, 9.17) is 4.74 Å². The summed E-state index contributed by atoms with van der Waals surface area (Å²) in [5.74, 6) is 1.53. The quantitative estimate of drug-likeness (QED) is 0.694. The molecule has 12 heavy (non-hydrogen) atoms. The van der Waals surface area contributed by atoms with E-state index in [1.807, 2.05) is 0 Å². The van der Waals surface area contributed by atoms with E-state index in [-0.39, 0.29) is 0 Å². The Morgan fingerprint density at radius 3 is 2.75 bits per heavy atom. The lowest BCUT2D eigenvalue weighted by atomic mass is 9.86. The van der Waals surface area contributed by atoms with Gasteiger partial charge in [0.25, 0.3) is 0 Å². The predicted octanol–water partition coefficient (Wildman–Crippen LogP) is 1.66. The topological polar surface area (TPSA) is 21.3 Å². The molecule has 0 radical (unpaired) electrons. The average molecular weight is 171 g/mol. The molecule has 2 nitrogen and oxygen atoms in total. The van der Waals surface area contributed by atoms with Gasteiger partial charge in [0.05, 0.1) is 0 Å². The Morgan fingerprint density at radius 1 is 1.58 bits per heavy atom. The molecule has 2 heteroatoms. The highest BCUT2D eigenvalue weighted by Crippen LogP contribution is 2.25. The summed E-state index contributed by atoms with van der Waals surface area (Å²) < 4.78 is 5.39. The fourth-order valence-corrected chi connectivity index (χ4v) is 2.13. The van der Waals surface area contributed by atoms with Crippen LogP contribution in [-0.4, -0.2) is 26.3 Å². The van der Waals surface area contributed by atoms with Crippen LogP contribution < -0.4 is 5.32 Å². The fraction of sp³-hybridized carbons (Fsp3) is 1.00. The van der Waals surface area contributed by atoms with Crippen LogP contribution >= 0.6 is 0 Å². The van der Waals surface area contributed by atoms with Crippen LogP contribution in [0.2, 0.25) is 0 Å². The maximum Gasteiger partial charge on any atom is 0.0498 e. The van der Waals surface area contributed by atoms with Gasteiger partial charge in [-0.15, -0.1) is 0 Å². The summed E-state index contributed by atoms with van der Waals surface area (Å²) in [4.78, 5) is 0. The molecule has 0 aromatic heterocycles. The molecule has 1 aliphatic heterocycles. The maximum absolute atomic E-state index is 5.39. The largest absolute Gasteiger partial charge is 0.381 e. The van der Waals surface area contributed by atoms with Crippen molar-refractivity contribution in [3.8, 4) is 0 Å². The normalized spacial score (nSPS) is 28.8. The van der Waals surface area contributed by atoms with E-state index in [1.165, 1.54) is 12.8 Å². The molecule has 3 atom stereocenters. The van der Waals surface area contributed by atoms with Crippen molar-refractivity contribution >= 4 is 0 Å². The standard InChI is InChI=1S/C10H21NO/c1-4-10(11-3)8(2)9-5-6-12-7-9/h8-11H,4-7H2,1-3H3. The summed E-state index contributed by atoms with van der Waals surface area (Å²) in [6, 6.07) is 0.664. The lowest BCUT2D eigenvalue weighted by Crippen LogP contribution is -2.35. The summed E-state index contributed by atoms with van der Waals surface area (Å²) in [6.07, 6.45) is 2.47. The predicted molar refractivity (Wildman–Crippen MR) is 51.2 cm³/mol. The summed E-state index contributed by atoms with van der Waals surface area (Å²) >= 11 is 0. The molecule has 0 spiro atoms. The molecule has 1 N–H and O–H groups in total. The Balaban J connectivity index is 2.37. The highest BCUT2D eigenvalue weighted by atomic mass is 16.5. The van der Waals surface area contributed by atoms with E-state index in [1.54, 1.807) is 0 Å². The van der Waals surface area contributed by atoms with Gasteiger partial charge in [0.1, 0.15) is 0 Å². The lowest BCUT2D eigenvalue weighted by molar-refractivity contribution is 0.165. The van der Waals surface area contributed by atoms with Crippen LogP contribution in [0, 0.1) is 11.8 Å². The van der Waals surface area contributed by atoms with Gasteiger partial charge < -0.3 is 10.1 Å². The maximum atomic E-state index is 5.39.